The van der Waals surface area contributed by atoms with Gasteiger partial charge in [-0.1, -0.05) is 83.3 Å². The molecule has 0 saturated heterocycles. The highest BCUT2D eigenvalue weighted by molar-refractivity contribution is 5.31. The predicted octanol–water partition coefficient (Wildman–Crippen LogP) is 8.46. The molecule has 0 aromatic heterocycles. The van der Waals surface area contributed by atoms with Crippen LogP contribution < -0.4 is 0 Å². The fourth-order valence-electron chi connectivity index (χ4n) is 6.05. The van der Waals surface area contributed by atoms with Gasteiger partial charge in [0.1, 0.15) is 0 Å². The number of hydrogen-bond donors (Lipinski definition) is 0. The summed E-state index contributed by atoms with van der Waals surface area (Å²) in [5.74, 6) is 4.07. The van der Waals surface area contributed by atoms with Gasteiger partial charge in [-0.3, -0.25) is 0 Å². The molecule has 0 radical (unpaired) electrons. The van der Waals surface area contributed by atoms with Crippen molar-refractivity contribution in [2.45, 2.75) is 110 Å². The first-order chi connectivity index (χ1) is 14.3. The minimum Gasteiger partial charge on any atom is -0.192 e. The van der Waals surface area contributed by atoms with E-state index in [4.69, 9.17) is 5.26 Å². The molecule has 1 heteroatoms. The average Bonchev–Trinajstić information content (AvgIpc) is 2.79. The van der Waals surface area contributed by atoms with Crippen molar-refractivity contribution in [1.82, 2.24) is 0 Å². The molecule has 160 valence electrons. The summed E-state index contributed by atoms with van der Waals surface area (Å²) in [6.45, 7) is 2.31. The second-order valence-corrected chi connectivity index (χ2v) is 10.1. The Labute approximate surface area is 180 Å². The van der Waals surface area contributed by atoms with E-state index in [0.29, 0.717) is 0 Å². The van der Waals surface area contributed by atoms with Crippen molar-refractivity contribution >= 4 is 0 Å². The molecule has 1 aromatic carbocycles. The van der Waals surface area contributed by atoms with E-state index in [9.17, 15) is 0 Å². The highest BCUT2D eigenvalue weighted by Gasteiger charge is 2.30. The molecule has 0 heterocycles. The topological polar surface area (TPSA) is 23.8 Å². The molecule has 0 spiro atoms. The standard InChI is InChI=1S/C28H43N/c1-2-3-4-5-6-7-23-14-18-27(19-15-23)28-20-16-25(17-21-28)9-8-24-10-12-26(22-29)13-11-24/h10-13,23,25,27-28H,2-9,14-21H2,1H3/t23-,25-,27-,28-. The molecule has 3 rings (SSSR count). The summed E-state index contributed by atoms with van der Waals surface area (Å²) in [5, 5.41) is 8.93. The maximum absolute atomic E-state index is 8.93. The van der Waals surface area contributed by atoms with Crippen LogP contribution in [0.5, 0.6) is 0 Å². The summed E-state index contributed by atoms with van der Waals surface area (Å²) in [6.07, 6.45) is 23.2. The SMILES string of the molecule is CCCCCCC[C@H]1CC[C@H]([C@H]2CC[C@H](CCc3ccc(C#N)cc3)CC2)CC1. The number of unbranched alkanes of at least 4 members (excludes halogenated alkanes) is 4. The maximum atomic E-state index is 8.93. The fourth-order valence-corrected chi connectivity index (χ4v) is 6.05. The minimum atomic E-state index is 0.778. The molecule has 2 fully saturated rings. The molecule has 2 aliphatic carbocycles. The van der Waals surface area contributed by atoms with Crippen molar-refractivity contribution < 1.29 is 0 Å². The Kier molecular flexibility index (Phi) is 9.59. The zero-order valence-corrected chi connectivity index (χ0v) is 18.9. The highest BCUT2D eigenvalue weighted by atomic mass is 14.4. The van der Waals surface area contributed by atoms with E-state index in [-0.39, 0.29) is 0 Å². The Balaban J connectivity index is 1.28. The molecular weight excluding hydrogens is 350 g/mol. The predicted molar refractivity (Wildman–Crippen MR) is 124 cm³/mol. The van der Waals surface area contributed by atoms with E-state index in [0.717, 1.165) is 29.2 Å². The lowest BCUT2D eigenvalue weighted by atomic mass is 9.68. The van der Waals surface area contributed by atoms with E-state index in [1.807, 2.05) is 12.1 Å². The smallest absolute Gasteiger partial charge is 0.0991 e. The van der Waals surface area contributed by atoms with Gasteiger partial charge in [-0.15, -0.1) is 0 Å². The second-order valence-electron chi connectivity index (χ2n) is 10.1. The van der Waals surface area contributed by atoms with Gasteiger partial charge in [0.25, 0.3) is 0 Å². The van der Waals surface area contributed by atoms with Crippen LogP contribution >= 0.6 is 0 Å². The average molecular weight is 394 g/mol. The molecule has 0 unspecified atom stereocenters. The number of hydrogen-bond acceptors (Lipinski definition) is 1. The summed E-state index contributed by atoms with van der Waals surface area (Å²) in [4.78, 5) is 0. The molecule has 0 aliphatic heterocycles. The van der Waals surface area contributed by atoms with Gasteiger partial charge >= 0.3 is 0 Å². The molecule has 0 atom stereocenters. The summed E-state index contributed by atoms with van der Waals surface area (Å²) >= 11 is 0. The lowest BCUT2D eigenvalue weighted by Crippen LogP contribution is -2.26. The first kappa shape index (κ1) is 22.4. The first-order valence-corrected chi connectivity index (χ1v) is 12.8. The van der Waals surface area contributed by atoms with Crippen molar-refractivity contribution in [3.63, 3.8) is 0 Å². The fraction of sp³-hybridized carbons (Fsp3) is 0.750. The van der Waals surface area contributed by atoms with Crippen LogP contribution in [0.3, 0.4) is 0 Å². The zero-order chi connectivity index (χ0) is 20.3. The van der Waals surface area contributed by atoms with Crippen LogP contribution in [-0.2, 0) is 6.42 Å². The summed E-state index contributed by atoms with van der Waals surface area (Å²) in [7, 11) is 0. The zero-order valence-electron chi connectivity index (χ0n) is 18.9. The molecule has 0 amide bonds. The van der Waals surface area contributed by atoms with E-state index >= 15 is 0 Å². The van der Waals surface area contributed by atoms with Crippen molar-refractivity contribution in [2.24, 2.45) is 23.7 Å². The van der Waals surface area contributed by atoms with Gasteiger partial charge in [0, 0.05) is 0 Å². The third-order valence-electron chi connectivity index (χ3n) is 8.09. The number of rotatable bonds is 10. The molecule has 0 bridgehead atoms. The molecule has 0 N–H and O–H groups in total. The Morgan fingerprint density at radius 1 is 0.724 bits per heavy atom. The number of aryl methyl sites for hydroxylation is 1. The number of benzene rings is 1. The monoisotopic (exact) mass is 393 g/mol. The van der Waals surface area contributed by atoms with Gasteiger partial charge in [-0.05, 0) is 79.9 Å². The van der Waals surface area contributed by atoms with Crippen LogP contribution in [0.4, 0.5) is 0 Å². The second kappa shape index (κ2) is 12.4. The quantitative estimate of drug-likeness (QED) is 0.366. The van der Waals surface area contributed by atoms with Crippen LogP contribution in [0.1, 0.15) is 114 Å². The van der Waals surface area contributed by atoms with Gasteiger partial charge in [-0.25, -0.2) is 0 Å². The van der Waals surface area contributed by atoms with Gasteiger partial charge in [-0.2, -0.15) is 5.26 Å². The van der Waals surface area contributed by atoms with Gasteiger partial charge in [0.2, 0.25) is 0 Å². The van der Waals surface area contributed by atoms with Crippen LogP contribution in [-0.4, -0.2) is 0 Å². The van der Waals surface area contributed by atoms with E-state index in [2.05, 4.69) is 25.1 Å². The number of nitriles is 1. The minimum absolute atomic E-state index is 0.778. The van der Waals surface area contributed by atoms with Crippen molar-refractivity contribution in [1.29, 1.82) is 5.26 Å². The van der Waals surface area contributed by atoms with Crippen LogP contribution in [0.2, 0.25) is 0 Å². The van der Waals surface area contributed by atoms with Crippen LogP contribution in [0.15, 0.2) is 24.3 Å². The summed E-state index contributed by atoms with van der Waals surface area (Å²) < 4.78 is 0. The summed E-state index contributed by atoms with van der Waals surface area (Å²) in [6, 6.07) is 10.4. The number of nitrogens with zero attached hydrogens (tertiary/aromatic N) is 1. The molecular formula is C28H43N. The third-order valence-corrected chi connectivity index (χ3v) is 8.09. The van der Waals surface area contributed by atoms with Crippen molar-refractivity contribution in [2.75, 3.05) is 0 Å². The Hall–Kier alpha value is -1.29. The molecule has 2 aliphatic rings. The molecule has 1 nitrogen and oxygen atoms in total. The normalized spacial score (nSPS) is 27.4. The van der Waals surface area contributed by atoms with Gasteiger partial charge in [0.15, 0.2) is 0 Å². The van der Waals surface area contributed by atoms with Crippen LogP contribution in [0, 0.1) is 35.0 Å². The van der Waals surface area contributed by atoms with Gasteiger partial charge in [0.05, 0.1) is 11.6 Å². The molecule has 2 saturated carbocycles. The van der Waals surface area contributed by atoms with Crippen LogP contribution in [0.25, 0.3) is 0 Å². The van der Waals surface area contributed by atoms with Crippen molar-refractivity contribution in [3.8, 4) is 6.07 Å². The maximum Gasteiger partial charge on any atom is 0.0991 e. The van der Waals surface area contributed by atoms with E-state index in [1.165, 1.54) is 108 Å². The Morgan fingerprint density at radius 2 is 1.28 bits per heavy atom. The first-order valence-electron chi connectivity index (χ1n) is 12.8. The van der Waals surface area contributed by atoms with Crippen molar-refractivity contribution in [3.05, 3.63) is 35.4 Å². The lowest BCUT2D eigenvalue weighted by Gasteiger charge is -2.38. The molecule has 1 aromatic rings. The molecule has 29 heavy (non-hydrogen) atoms. The lowest BCUT2D eigenvalue weighted by molar-refractivity contribution is 0.140. The summed E-state index contributed by atoms with van der Waals surface area (Å²) in [5.41, 5.74) is 2.18. The largest absolute Gasteiger partial charge is 0.192 e. The van der Waals surface area contributed by atoms with Gasteiger partial charge < -0.3 is 0 Å². The third kappa shape index (κ3) is 7.47. The Bertz CT molecular complexity index is 594. The van der Waals surface area contributed by atoms with E-state index in [1.54, 1.807) is 0 Å². The van der Waals surface area contributed by atoms with E-state index < -0.39 is 0 Å². The highest BCUT2D eigenvalue weighted by Crippen LogP contribution is 2.43. The Morgan fingerprint density at radius 3 is 1.83 bits per heavy atom.